The Morgan fingerprint density at radius 1 is 1.29 bits per heavy atom. The molecule has 0 N–H and O–H groups in total. The molecule has 0 saturated carbocycles. The van der Waals surface area contributed by atoms with Crippen LogP contribution in [0.25, 0.3) is 0 Å². The third-order valence-corrected chi connectivity index (χ3v) is 1.85. The second-order valence-corrected chi connectivity index (χ2v) is 2.98. The van der Waals surface area contributed by atoms with Crippen LogP contribution in [0.15, 0.2) is 24.3 Å². The molecular formula is C11H11FO2. The summed E-state index contributed by atoms with van der Waals surface area (Å²) in [6.07, 6.45) is 0.770. The molecule has 1 rings (SSSR count). The van der Waals surface area contributed by atoms with Crippen LogP contribution in [0, 0.1) is 5.82 Å². The molecule has 0 aliphatic rings. The zero-order valence-corrected chi connectivity index (χ0v) is 7.92. The summed E-state index contributed by atoms with van der Waals surface area (Å²) in [5.74, 6) is -1.90. The van der Waals surface area contributed by atoms with E-state index in [1.165, 1.54) is 24.3 Å². The monoisotopic (exact) mass is 194 g/mol. The SMILES string of the molecule is CCCC(=O)C(=O)c1ccccc1F. The number of hydrogen-bond acceptors (Lipinski definition) is 2. The van der Waals surface area contributed by atoms with E-state index < -0.39 is 17.4 Å². The zero-order valence-electron chi connectivity index (χ0n) is 7.92. The standard InChI is InChI=1S/C11H11FO2/c1-2-5-10(13)11(14)8-6-3-4-7-9(8)12/h3-4,6-7H,2,5H2,1H3. The van der Waals surface area contributed by atoms with Gasteiger partial charge in [0.2, 0.25) is 11.6 Å². The molecule has 3 heteroatoms. The second-order valence-electron chi connectivity index (χ2n) is 2.98. The maximum atomic E-state index is 13.1. The van der Waals surface area contributed by atoms with Gasteiger partial charge in [-0.15, -0.1) is 0 Å². The number of benzene rings is 1. The molecular weight excluding hydrogens is 183 g/mol. The quantitative estimate of drug-likeness (QED) is 0.544. The van der Waals surface area contributed by atoms with Crippen molar-refractivity contribution in [1.29, 1.82) is 0 Å². The first-order chi connectivity index (χ1) is 6.66. The topological polar surface area (TPSA) is 34.1 Å². The van der Waals surface area contributed by atoms with Gasteiger partial charge in [0, 0.05) is 6.42 Å². The van der Waals surface area contributed by atoms with Crippen molar-refractivity contribution in [3.05, 3.63) is 35.6 Å². The van der Waals surface area contributed by atoms with Gasteiger partial charge in [0.05, 0.1) is 5.56 Å². The Morgan fingerprint density at radius 3 is 2.50 bits per heavy atom. The van der Waals surface area contributed by atoms with Crippen molar-refractivity contribution < 1.29 is 14.0 Å². The zero-order chi connectivity index (χ0) is 10.6. The maximum absolute atomic E-state index is 13.1. The van der Waals surface area contributed by atoms with Crippen molar-refractivity contribution in [2.75, 3.05) is 0 Å². The summed E-state index contributed by atoms with van der Waals surface area (Å²) < 4.78 is 13.1. The van der Waals surface area contributed by atoms with Crippen LogP contribution in [0.4, 0.5) is 4.39 Å². The van der Waals surface area contributed by atoms with Crippen molar-refractivity contribution in [3.63, 3.8) is 0 Å². The average Bonchev–Trinajstić information content (AvgIpc) is 2.18. The summed E-state index contributed by atoms with van der Waals surface area (Å²) >= 11 is 0. The van der Waals surface area contributed by atoms with Crippen LogP contribution in [-0.2, 0) is 4.79 Å². The Labute approximate surface area is 81.7 Å². The number of hydrogen-bond donors (Lipinski definition) is 0. The Bertz CT molecular complexity index is 358. The molecule has 0 atom stereocenters. The minimum absolute atomic E-state index is 0.133. The minimum Gasteiger partial charge on any atom is -0.290 e. The number of rotatable bonds is 4. The van der Waals surface area contributed by atoms with E-state index in [1.807, 2.05) is 0 Å². The molecule has 0 heterocycles. The summed E-state index contributed by atoms with van der Waals surface area (Å²) in [7, 11) is 0. The lowest BCUT2D eigenvalue weighted by Crippen LogP contribution is -2.14. The first-order valence-electron chi connectivity index (χ1n) is 4.49. The van der Waals surface area contributed by atoms with Gasteiger partial charge >= 0.3 is 0 Å². The molecule has 0 unspecified atom stereocenters. The average molecular weight is 194 g/mol. The van der Waals surface area contributed by atoms with Crippen molar-refractivity contribution in [2.24, 2.45) is 0 Å². The Balaban J connectivity index is 2.90. The molecule has 1 aromatic rings. The third kappa shape index (κ3) is 2.25. The van der Waals surface area contributed by atoms with Gasteiger partial charge in [-0.3, -0.25) is 9.59 Å². The van der Waals surface area contributed by atoms with Crippen molar-refractivity contribution >= 4 is 11.6 Å². The number of halogens is 1. The molecule has 0 aromatic heterocycles. The van der Waals surface area contributed by atoms with Gasteiger partial charge in [0.15, 0.2) is 0 Å². The van der Waals surface area contributed by atoms with Crippen LogP contribution >= 0.6 is 0 Å². The molecule has 0 aliphatic carbocycles. The van der Waals surface area contributed by atoms with E-state index >= 15 is 0 Å². The lowest BCUT2D eigenvalue weighted by atomic mass is 10.0. The molecule has 0 fully saturated rings. The Hall–Kier alpha value is -1.51. The number of carbonyl (C=O) groups excluding carboxylic acids is 2. The van der Waals surface area contributed by atoms with E-state index in [4.69, 9.17) is 0 Å². The first kappa shape index (κ1) is 10.6. The van der Waals surface area contributed by atoms with Crippen LogP contribution in [0.1, 0.15) is 30.1 Å². The van der Waals surface area contributed by atoms with Crippen LogP contribution in [0.2, 0.25) is 0 Å². The molecule has 0 spiro atoms. The summed E-state index contributed by atoms with van der Waals surface area (Å²) in [4.78, 5) is 22.5. The minimum atomic E-state index is -0.732. The fourth-order valence-corrected chi connectivity index (χ4v) is 1.14. The predicted octanol–water partition coefficient (Wildman–Crippen LogP) is 2.38. The van der Waals surface area contributed by atoms with E-state index in [2.05, 4.69) is 0 Å². The molecule has 0 saturated heterocycles. The molecule has 2 nitrogen and oxygen atoms in total. The largest absolute Gasteiger partial charge is 0.290 e. The molecule has 14 heavy (non-hydrogen) atoms. The Kier molecular flexibility index (Phi) is 3.51. The smallest absolute Gasteiger partial charge is 0.231 e. The fraction of sp³-hybridized carbons (Fsp3) is 0.273. The molecule has 0 radical (unpaired) electrons. The van der Waals surface area contributed by atoms with E-state index in [0.29, 0.717) is 6.42 Å². The van der Waals surface area contributed by atoms with Gasteiger partial charge in [-0.2, -0.15) is 0 Å². The van der Waals surface area contributed by atoms with Crippen LogP contribution in [-0.4, -0.2) is 11.6 Å². The van der Waals surface area contributed by atoms with E-state index in [9.17, 15) is 14.0 Å². The molecule has 74 valence electrons. The van der Waals surface area contributed by atoms with Crippen molar-refractivity contribution in [1.82, 2.24) is 0 Å². The van der Waals surface area contributed by atoms with Crippen LogP contribution in [0.3, 0.4) is 0 Å². The van der Waals surface area contributed by atoms with Crippen molar-refractivity contribution in [2.45, 2.75) is 19.8 Å². The second kappa shape index (κ2) is 4.65. The van der Waals surface area contributed by atoms with E-state index in [-0.39, 0.29) is 12.0 Å². The highest BCUT2D eigenvalue weighted by atomic mass is 19.1. The van der Waals surface area contributed by atoms with Crippen molar-refractivity contribution in [3.8, 4) is 0 Å². The van der Waals surface area contributed by atoms with Gasteiger partial charge < -0.3 is 0 Å². The summed E-state index contributed by atoms with van der Waals surface area (Å²) in [5, 5.41) is 0. The summed E-state index contributed by atoms with van der Waals surface area (Å²) in [6, 6.07) is 5.52. The number of Topliss-reactive ketones (excluding diaryl/α,β-unsaturated/α-hetero) is 2. The highest BCUT2D eigenvalue weighted by Crippen LogP contribution is 2.09. The summed E-state index contributed by atoms with van der Waals surface area (Å²) in [5.41, 5.74) is -0.133. The molecule has 0 aliphatic heterocycles. The first-order valence-corrected chi connectivity index (χ1v) is 4.49. The van der Waals surface area contributed by atoms with Crippen LogP contribution < -0.4 is 0 Å². The van der Waals surface area contributed by atoms with Gasteiger partial charge in [-0.25, -0.2) is 4.39 Å². The molecule has 1 aromatic carbocycles. The number of ketones is 2. The highest BCUT2D eigenvalue weighted by molar-refractivity contribution is 6.43. The number of carbonyl (C=O) groups is 2. The maximum Gasteiger partial charge on any atom is 0.231 e. The third-order valence-electron chi connectivity index (χ3n) is 1.85. The molecule has 0 amide bonds. The van der Waals surface area contributed by atoms with Gasteiger partial charge in [0.25, 0.3) is 0 Å². The van der Waals surface area contributed by atoms with Gasteiger partial charge in [-0.1, -0.05) is 19.1 Å². The fourth-order valence-electron chi connectivity index (χ4n) is 1.14. The molecule has 0 bridgehead atoms. The normalized spacial score (nSPS) is 9.86. The van der Waals surface area contributed by atoms with Gasteiger partial charge in [-0.05, 0) is 18.6 Å². The van der Waals surface area contributed by atoms with Crippen LogP contribution in [0.5, 0.6) is 0 Å². The summed E-state index contributed by atoms with van der Waals surface area (Å²) in [6.45, 7) is 1.80. The lowest BCUT2D eigenvalue weighted by Gasteiger charge is -1.99. The lowest BCUT2D eigenvalue weighted by molar-refractivity contribution is -0.115. The van der Waals surface area contributed by atoms with Gasteiger partial charge in [0.1, 0.15) is 5.82 Å². The Morgan fingerprint density at radius 2 is 1.93 bits per heavy atom. The predicted molar refractivity (Wildman–Crippen MR) is 50.6 cm³/mol. The van der Waals surface area contributed by atoms with E-state index in [1.54, 1.807) is 6.92 Å². The highest BCUT2D eigenvalue weighted by Gasteiger charge is 2.17. The van der Waals surface area contributed by atoms with E-state index in [0.717, 1.165) is 0 Å².